The lowest BCUT2D eigenvalue weighted by Crippen LogP contribution is -2.46. The highest BCUT2D eigenvalue weighted by atomic mass is 79.9. The first kappa shape index (κ1) is 15.4. The Hall–Kier alpha value is -0.460. The van der Waals surface area contributed by atoms with Gasteiger partial charge in [0, 0.05) is 22.9 Å². The summed E-state index contributed by atoms with van der Waals surface area (Å²) in [6, 6.07) is 1.60. The van der Waals surface area contributed by atoms with Gasteiger partial charge in [0.2, 0.25) is 10.0 Å². The van der Waals surface area contributed by atoms with E-state index in [4.69, 9.17) is 0 Å². The van der Waals surface area contributed by atoms with Crippen LogP contribution in [0.1, 0.15) is 40.0 Å². The molecule has 1 aromatic rings. The van der Waals surface area contributed by atoms with E-state index in [1.54, 1.807) is 12.3 Å². The molecule has 2 bridgehead atoms. The van der Waals surface area contributed by atoms with E-state index in [9.17, 15) is 8.42 Å². The van der Waals surface area contributed by atoms with Crippen LogP contribution in [0.4, 0.5) is 0 Å². The smallest absolute Gasteiger partial charge is 0.242 e. The topological polar surface area (TPSA) is 59.1 Å². The predicted octanol–water partition coefficient (Wildman–Crippen LogP) is 3.34. The normalized spacial score (nSPS) is 34.3. The molecule has 0 radical (unpaired) electrons. The number of hydrogen-bond acceptors (Lipinski definition) is 3. The molecule has 4 nitrogen and oxygen atoms in total. The SMILES string of the molecule is CC1(C)C2CCC1(C)C(NS(=O)(=O)c1cncc(Br)c1)C2. The van der Waals surface area contributed by atoms with Gasteiger partial charge in [0.1, 0.15) is 4.90 Å². The lowest BCUT2D eigenvalue weighted by Gasteiger charge is -2.39. The molecule has 6 heteroatoms. The van der Waals surface area contributed by atoms with E-state index in [0.29, 0.717) is 10.4 Å². The second kappa shape index (κ2) is 4.77. The van der Waals surface area contributed by atoms with Gasteiger partial charge in [-0.2, -0.15) is 0 Å². The number of halogens is 1. The molecule has 3 unspecified atom stereocenters. The van der Waals surface area contributed by atoms with Crippen molar-refractivity contribution in [1.82, 2.24) is 9.71 Å². The van der Waals surface area contributed by atoms with Crippen LogP contribution in [-0.4, -0.2) is 19.4 Å². The van der Waals surface area contributed by atoms with Crippen LogP contribution in [0, 0.1) is 16.7 Å². The molecule has 3 atom stereocenters. The number of rotatable bonds is 3. The molecule has 2 aliphatic rings. The summed E-state index contributed by atoms with van der Waals surface area (Å²) in [5.41, 5.74) is 0.222. The summed E-state index contributed by atoms with van der Waals surface area (Å²) in [6.45, 7) is 6.78. The van der Waals surface area contributed by atoms with E-state index < -0.39 is 10.0 Å². The van der Waals surface area contributed by atoms with Crippen molar-refractivity contribution in [3.8, 4) is 0 Å². The number of sulfonamides is 1. The van der Waals surface area contributed by atoms with Gasteiger partial charge in [0.05, 0.1) is 0 Å². The van der Waals surface area contributed by atoms with E-state index in [-0.39, 0.29) is 21.8 Å². The Morgan fingerprint density at radius 2 is 2.05 bits per heavy atom. The molecule has 0 aromatic carbocycles. The Kier molecular flexibility index (Phi) is 3.50. The number of aromatic nitrogens is 1. The molecule has 0 amide bonds. The molecular formula is C15H21BrN2O2S. The van der Waals surface area contributed by atoms with Crippen LogP contribution in [0.2, 0.25) is 0 Å². The molecule has 2 fully saturated rings. The van der Waals surface area contributed by atoms with Gasteiger partial charge in [-0.15, -0.1) is 0 Å². The van der Waals surface area contributed by atoms with E-state index in [1.807, 2.05) is 0 Å². The van der Waals surface area contributed by atoms with E-state index in [0.717, 1.165) is 12.8 Å². The minimum Gasteiger partial charge on any atom is -0.262 e. The zero-order chi connectivity index (χ0) is 15.5. The van der Waals surface area contributed by atoms with Gasteiger partial charge in [0.25, 0.3) is 0 Å². The maximum Gasteiger partial charge on any atom is 0.242 e. The number of nitrogens with zero attached hydrogens (tertiary/aromatic N) is 1. The van der Waals surface area contributed by atoms with Crippen molar-refractivity contribution in [2.75, 3.05) is 0 Å². The highest BCUT2D eigenvalue weighted by Gasteiger charge is 2.61. The van der Waals surface area contributed by atoms with Gasteiger partial charge < -0.3 is 0 Å². The number of fused-ring (bicyclic) bond motifs is 2. The molecule has 2 aliphatic carbocycles. The highest BCUT2D eigenvalue weighted by Crippen LogP contribution is 2.65. The van der Waals surface area contributed by atoms with Crippen molar-refractivity contribution in [3.63, 3.8) is 0 Å². The van der Waals surface area contributed by atoms with Gasteiger partial charge in [-0.05, 0) is 58.0 Å². The molecule has 1 aromatic heterocycles. The maximum absolute atomic E-state index is 12.6. The van der Waals surface area contributed by atoms with Crippen LogP contribution in [0.25, 0.3) is 0 Å². The molecule has 3 rings (SSSR count). The van der Waals surface area contributed by atoms with Crippen LogP contribution in [0.15, 0.2) is 27.8 Å². The van der Waals surface area contributed by atoms with Crippen LogP contribution in [0.3, 0.4) is 0 Å². The standard InChI is InChI=1S/C15H21BrN2O2S/c1-14(2)10-4-5-15(14,3)13(6-10)18-21(19,20)12-7-11(16)8-17-9-12/h7-10,13,18H,4-6H2,1-3H3. The molecule has 0 saturated heterocycles. The van der Waals surface area contributed by atoms with Gasteiger partial charge in [-0.1, -0.05) is 20.8 Å². The largest absolute Gasteiger partial charge is 0.262 e. The first-order valence-corrected chi connectivity index (χ1v) is 9.57. The third kappa shape index (κ3) is 2.26. The summed E-state index contributed by atoms with van der Waals surface area (Å²) >= 11 is 3.27. The quantitative estimate of drug-likeness (QED) is 0.884. The fourth-order valence-electron chi connectivity index (χ4n) is 4.18. The van der Waals surface area contributed by atoms with E-state index >= 15 is 0 Å². The molecule has 2 saturated carbocycles. The summed E-state index contributed by atoms with van der Waals surface area (Å²) in [4.78, 5) is 4.18. The monoisotopic (exact) mass is 372 g/mol. The fraction of sp³-hybridized carbons (Fsp3) is 0.667. The summed E-state index contributed by atoms with van der Waals surface area (Å²) in [5, 5.41) is 0. The average molecular weight is 373 g/mol. The van der Waals surface area contributed by atoms with Crippen LogP contribution < -0.4 is 4.72 Å². The van der Waals surface area contributed by atoms with Crippen LogP contribution >= 0.6 is 15.9 Å². The van der Waals surface area contributed by atoms with Gasteiger partial charge in [-0.25, -0.2) is 13.1 Å². The molecule has 1 N–H and O–H groups in total. The average Bonchev–Trinajstić information content (AvgIpc) is 2.71. The fourth-order valence-corrected chi connectivity index (χ4v) is 6.04. The van der Waals surface area contributed by atoms with Crippen molar-refractivity contribution in [1.29, 1.82) is 0 Å². The lowest BCUT2D eigenvalue weighted by atomic mass is 9.69. The van der Waals surface area contributed by atoms with Gasteiger partial charge >= 0.3 is 0 Å². The van der Waals surface area contributed by atoms with Gasteiger partial charge in [-0.3, -0.25) is 4.98 Å². The summed E-state index contributed by atoms with van der Waals surface area (Å²) in [7, 11) is -3.52. The molecular weight excluding hydrogens is 352 g/mol. The van der Waals surface area contributed by atoms with E-state index in [1.165, 1.54) is 12.6 Å². The lowest BCUT2D eigenvalue weighted by molar-refractivity contribution is 0.130. The second-order valence-electron chi connectivity index (χ2n) is 7.12. The zero-order valence-electron chi connectivity index (χ0n) is 12.6. The van der Waals surface area contributed by atoms with Crippen molar-refractivity contribution in [2.45, 2.75) is 51.0 Å². The van der Waals surface area contributed by atoms with E-state index in [2.05, 4.69) is 46.4 Å². The Morgan fingerprint density at radius 1 is 1.33 bits per heavy atom. The summed E-state index contributed by atoms with van der Waals surface area (Å²) in [6.07, 6.45) is 6.22. The molecule has 21 heavy (non-hydrogen) atoms. The minimum absolute atomic E-state index is 0.00947. The zero-order valence-corrected chi connectivity index (χ0v) is 15.0. The van der Waals surface area contributed by atoms with Gasteiger partial charge in [0.15, 0.2) is 0 Å². The number of pyridine rings is 1. The first-order chi connectivity index (χ1) is 9.67. The highest BCUT2D eigenvalue weighted by molar-refractivity contribution is 9.10. The number of nitrogens with one attached hydrogen (secondary N) is 1. The number of hydrogen-bond donors (Lipinski definition) is 1. The Morgan fingerprint density at radius 3 is 2.57 bits per heavy atom. The first-order valence-electron chi connectivity index (χ1n) is 7.30. The molecule has 1 heterocycles. The molecule has 116 valence electrons. The molecule has 0 spiro atoms. The minimum atomic E-state index is -3.52. The van der Waals surface area contributed by atoms with Crippen molar-refractivity contribution in [2.24, 2.45) is 16.7 Å². The maximum atomic E-state index is 12.6. The summed E-state index contributed by atoms with van der Waals surface area (Å²) < 4.78 is 28.8. The molecule has 0 aliphatic heterocycles. The Balaban J connectivity index is 1.88. The van der Waals surface area contributed by atoms with Crippen LogP contribution in [-0.2, 0) is 10.0 Å². The third-order valence-electron chi connectivity index (χ3n) is 6.08. The predicted molar refractivity (Wildman–Crippen MR) is 85.3 cm³/mol. The van der Waals surface area contributed by atoms with Crippen LogP contribution in [0.5, 0.6) is 0 Å². The Labute approximate surface area is 134 Å². The van der Waals surface area contributed by atoms with Crippen molar-refractivity contribution >= 4 is 26.0 Å². The second-order valence-corrected chi connectivity index (χ2v) is 9.75. The summed E-state index contributed by atoms with van der Waals surface area (Å²) in [5.74, 6) is 0.607. The van der Waals surface area contributed by atoms with Crippen molar-refractivity contribution in [3.05, 3.63) is 22.9 Å². The Bertz CT molecular complexity index is 674. The van der Waals surface area contributed by atoms with Crippen molar-refractivity contribution < 1.29 is 8.42 Å². The third-order valence-corrected chi connectivity index (χ3v) is 7.95.